The Kier molecular flexibility index (Phi) is 5.14. The highest BCUT2D eigenvalue weighted by Crippen LogP contribution is 2.27. The third-order valence-electron chi connectivity index (χ3n) is 3.33. The van der Waals surface area contributed by atoms with Crippen molar-refractivity contribution in [1.29, 1.82) is 0 Å². The Morgan fingerprint density at radius 2 is 2.08 bits per heavy atom. The fourth-order valence-corrected chi connectivity index (χ4v) is 3.61. The van der Waals surface area contributed by atoms with Gasteiger partial charge >= 0.3 is 0 Å². The fraction of sp³-hybridized carbons (Fsp3) is 0.0588. The zero-order valence-electron chi connectivity index (χ0n) is 13.3. The molecule has 0 bridgehead atoms. The number of aromatic amines is 1. The van der Waals surface area contributed by atoms with E-state index in [-0.39, 0.29) is 0 Å². The van der Waals surface area contributed by atoms with E-state index in [0.717, 1.165) is 10.4 Å². The summed E-state index contributed by atoms with van der Waals surface area (Å²) in [5.41, 5.74) is 0.719. The Balaban J connectivity index is 1.38. The van der Waals surface area contributed by atoms with Crippen LogP contribution >= 0.6 is 34.7 Å². The molecule has 0 radical (unpaired) electrons. The number of hydrogen-bond donors (Lipinski definition) is 1. The topological polar surface area (TPSA) is 80.5 Å². The smallest absolute Gasteiger partial charge is 0.259 e. The molecule has 9 heteroatoms. The quantitative estimate of drug-likeness (QED) is 0.456. The van der Waals surface area contributed by atoms with Crippen molar-refractivity contribution in [3.63, 3.8) is 0 Å². The molecule has 130 valence electrons. The van der Waals surface area contributed by atoms with Gasteiger partial charge in [0.25, 0.3) is 5.89 Å². The van der Waals surface area contributed by atoms with Crippen molar-refractivity contribution in [3.8, 4) is 11.5 Å². The monoisotopic (exact) mass is 401 g/mol. The first-order chi connectivity index (χ1) is 12.8. The third kappa shape index (κ3) is 4.04. The van der Waals surface area contributed by atoms with Gasteiger partial charge in [-0.2, -0.15) is 4.98 Å². The van der Waals surface area contributed by atoms with Crippen LogP contribution in [-0.2, 0) is 5.75 Å². The molecular weight excluding hydrogens is 390 g/mol. The van der Waals surface area contributed by atoms with Crippen LogP contribution < -0.4 is 0 Å². The Hall–Kier alpha value is -2.42. The molecule has 0 saturated carbocycles. The van der Waals surface area contributed by atoms with Crippen LogP contribution in [0.1, 0.15) is 16.5 Å². The number of H-pyrrole nitrogens is 1. The molecule has 4 aromatic rings. The van der Waals surface area contributed by atoms with Crippen LogP contribution in [0.15, 0.2) is 51.5 Å². The van der Waals surface area contributed by atoms with Crippen LogP contribution in [0.2, 0.25) is 5.02 Å². The molecule has 0 saturated heterocycles. The van der Waals surface area contributed by atoms with Gasteiger partial charge in [-0.3, -0.25) is 5.10 Å². The van der Waals surface area contributed by atoms with E-state index in [1.54, 1.807) is 17.4 Å². The Bertz CT molecular complexity index is 1030. The second-order valence-corrected chi connectivity index (χ2v) is 7.47. The SMILES string of the molecule is Clc1ccccc1-c1nc(CSc2n[nH]c(/C=C/c3cccs3)n2)no1. The van der Waals surface area contributed by atoms with Crippen molar-refractivity contribution >= 4 is 46.9 Å². The fourth-order valence-electron chi connectivity index (χ4n) is 2.13. The largest absolute Gasteiger partial charge is 0.334 e. The molecule has 0 spiro atoms. The van der Waals surface area contributed by atoms with Gasteiger partial charge in [-0.25, -0.2) is 4.98 Å². The van der Waals surface area contributed by atoms with Gasteiger partial charge in [-0.1, -0.05) is 46.7 Å². The normalized spacial score (nSPS) is 11.4. The van der Waals surface area contributed by atoms with E-state index in [4.69, 9.17) is 16.1 Å². The maximum absolute atomic E-state index is 6.15. The lowest BCUT2D eigenvalue weighted by atomic mass is 10.2. The van der Waals surface area contributed by atoms with E-state index >= 15 is 0 Å². The van der Waals surface area contributed by atoms with Gasteiger partial charge in [-0.05, 0) is 35.7 Å². The second kappa shape index (κ2) is 7.86. The van der Waals surface area contributed by atoms with Crippen LogP contribution in [-0.4, -0.2) is 25.3 Å². The van der Waals surface area contributed by atoms with Crippen LogP contribution in [0, 0.1) is 0 Å². The van der Waals surface area contributed by atoms with Gasteiger partial charge in [0.1, 0.15) is 5.82 Å². The predicted octanol–water partition coefficient (Wildman–Crippen LogP) is 5.03. The van der Waals surface area contributed by atoms with E-state index in [1.165, 1.54) is 11.8 Å². The Morgan fingerprint density at radius 3 is 2.92 bits per heavy atom. The molecule has 26 heavy (non-hydrogen) atoms. The number of thioether (sulfide) groups is 1. The lowest BCUT2D eigenvalue weighted by molar-refractivity contribution is 0.425. The summed E-state index contributed by atoms with van der Waals surface area (Å²) in [4.78, 5) is 9.94. The molecule has 6 nitrogen and oxygen atoms in total. The summed E-state index contributed by atoms with van der Waals surface area (Å²) in [6.07, 6.45) is 3.89. The molecule has 0 fully saturated rings. The number of aromatic nitrogens is 5. The maximum Gasteiger partial charge on any atom is 0.259 e. The molecule has 0 unspecified atom stereocenters. The van der Waals surface area contributed by atoms with Gasteiger partial charge in [0.05, 0.1) is 16.3 Å². The van der Waals surface area contributed by atoms with E-state index in [1.807, 2.05) is 47.9 Å². The van der Waals surface area contributed by atoms with E-state index in [9.17, 15) is 0 Å². The number of rotatable bonds is 6. The molecule has 1 aromatic carbocycles. The number of nitrogens with zero attached hydrogens (tertiary/aromatic N) is 4. The summed E-state index contributed by atoms with van der Waals surface area (Å²) in [5.74, 6) is 2.16. The Morgan fingerprint density at radius 1 is 1.15 bits per heavy atom. The molecule has 4 rings (SSSR count). The highest BCUT2D eigenvalue weighted by atomic mass is 35.5. The molecule has 0 aliphatic heterocycles. The summed E-state index contributed by atoms with van der Waals surface area (Å²) >= 11 is 9.24. The first-order valence-corrected chi connectivity index (χ1v) is 9.86. The third-order valence-corrected chi connectivity index (χ3v) is 5.34. The highest BCUT2D eigenvalue weighted by Gasteiger charge is 2.12. The summed E-state index contributed by atoms with van der Waals surface area (Å²) in [7, 11) is 0. The lowest BCUT2D eigenvalue weighted by Gasteiger charge is -1.95. The first kappa shape index (κ1) is 17.0. The van der Waals surface area contributed by atoms with Crippen molar-refractivity contribution in [2.24, 2.45) is 0 Å². The van der Waals surface area contributed by atoms with Crippen LogP contribution in [0.25, 0.3) is 23.6 Å². The molecule has 0 amide bonds. The van der Waals surface area contributed by atoms with Crippen LogP contribution in [0.4, 0.5) is 0 Å². The number of hydrogen-bond acceptors (Lipinski definition) is 7. The predicted molar refractivity (Wildman–Crippen MR) is 104 cm³/mol. The average molecular weight is 402 g/mol. The summed E-state index contributed by atoms with van der Waals surface area (Å²) in [5, 5.41) is 14.3. The van der Waals surface area contributed by atoms with Crippen LogP contribution in [0.5, 0.6) is 0 Å². The minimum atomic E-state index is 0.403. The molecule has 1 N–H and O–H groups in total. The number of benzene rings is 1. The van der Waals surface area contributed by atoms with Gasteiger partial charge < -0.3 is 4.52 Å². The van der Waals surface area contributed by atoms with Gasteiger partial charge in [0.2, 0.25) is 5.16 Å². The van der Waals surface area contributed by atoms with Crippen molar-refractivity contribution in [3.05, 3.63) is 63.3 Å². The van der Waals surface area contributed by atoms with E-state index in [0.29, 0.717) is 33.5 Å². The van der Waals surface area contributed by atoms with Crippen molar-refractivity contribution in [2.45, 2.75) is 10.9 Å². The summed E-state index contributed by atoms with van der Waals surface area (Å²) in [6.45, 7) is 0. The van der Waals surface area contributed by atoms with Gasteiger partial charge in [0, 0.05) is 4.88 Å². The average Bonchev–Trinajstić information content (AvgIpc) is 3.40. The second-order valence-electron chi connectivity index (χ2n) is 5.14. The molecule has 0 aliphatic carbocycles. The molecule has 3 aromatic heterocycles. The zero-order valence-corrected chi connectivity index (χ0v) is 15.7. The number of halogens is 1. The van der Waals surface area contributed by atoms with Crippen molar-refractivity contribution in [2.75, 3.05) is 0 Å². The number of nitrogens with one attached hydrogen (secondary N) is 1. The highest BCUT2D eigenvalue weighted by molar-refractivity contribution is 7.98. The van der Waals surface area contributed by atoms with Crippen LogP contribution in [0.3, 0.4) is 0 Å². The van der Waals surface area contributed by atoms with Gasteiger partial charge in [0.15, 0.2) is 5.82 Å². The molecule has 0 aliphatic rings. The summed E-state index contributed by atoms with van der Waals surface area (Å²) in [6, 6.07) is 11.4. The number of thiophene rings is 1. The minimum Gasteiger partial charge on any atom is -0.334 e. The zero-order chi connectivity index (χ0) is 17.8. The van der Waals surface area contributed by atoms with Gasteiger partial charge in [-0.15, -0.1) is 16.4 Å². The van der Waals surface area contributed by atoms with E-state index < -0.39 is 0 Å². The minimum absolute atomic E-state index is 0.403. The van der Waals surface area contributed by atoms with Crippen molar-refractivity contribution in [1.82, 2.24) is 25.3 Å². The first-order valence-electron chi connectivity index (χ1n) is 7.62. The van der Waals surface area contributed by atoms with Crippen molar-refractivity contribution < 1.29 is 4.52 Å². The molecular formula is C17H12ClN5OS2. The maximum atomic E-state index is 6.15. The lowest BCUT2D eigenvalue weighted by Crippen LogP contribution is -1.85. The standard InChI is InChI=1S/C17H12ClN5OS2/c18-13-6-2-1-5-12(13)16-19-15(23-24-16)10-26-17-20-14(21-22-17)8-7-11-4-3-9-25-11/h1-9H,10H2,(H,20,21,22)/b8-7+. The van der Waals surface area contributed by atoms with E-state index in [2.05, 4.69) is 25.3 Å². The molecule has 3 heterocycles. The Labute approximate surface area is 162 Å². The molecule has 0 atom stereocenters. The summed E-state index contributed by atoms with van der Waals surface area (Å²) < 4.78 is 5.29.